The largest absolute Gasteiger partial charge is 0.394 e. The molecular formula is C60H101IO29. The molecule has 9 aliphatic rings. The van der Waals surface area contributed by atoms with Crippen LogP contribution in [0, 0.1) is 39.4 Å². The summed E-state index contributed by atoms with van der Waals surface area (Å²) in [6.45, 7) is 12.6. The molecule has 9 rings (SSSR count). The number of rotatable bonds is 20. The van der Waals surface area contributed by atoms with Gasteiger partial charge in [0.2, 0.25) is 0 Å². The molecule has 5 aliphatic heterocycles. The molecule has 0 aromatic rings. The smallest absolute Gasteiger partial charge is 0.187 e. The van der Waals surface area contributed by atoms with Crippen molar-refractivity contribution in [3.05, 3.63) is 11.6 Å². The second-order valence-electron chi connectivity index (χ2n) is 28.8. The Morgan fingerprint density at radius 3 is 1.47 bits per heavy atom. The summed E-state index contributed by atoms with van der Waals surface area (Å²) in [5.74, 6) is -0.190. The Balaban J connectivity index is 0.897. The number of allylic oxidation sites excluding steroid dienone is 1. The Morgan fingerprint density at radius 1 is 0.544 bits per heavy atom. The van der Waals surface area contributed by atoms with Crippen molar-refractivity contribution in [1.82, 2.24) is 0 Å². The van der Waals surface area contributed by atoms with E-state index in [0.29, 0.717) is 32.1 Å². The van der Waals surface area contributed by atoms with E-state index in [1.807, 2.05) is 13.8 Å². The number of aliphatic hydroxyl groups excluding tert-OH is 18. The predicted octanol–water partition coefficient (Wildman–Crippen LogP) is -4.85. The summed E-state index contributed by atoms with van der Waals surface area (Å²) < 4.78 is 59.0. The molecule has 30 heteroatoms. The molecule has 29 nitrogen and oxygen atoms in total. The SMILES string of the molecule is C[C@H](CC[C@@H](OC1OC(COC2OC(CO)C(O)C(O)C2O)C(O)C(O)C1OC1OC(CO)C(O)C(O)C1O)C(C)(C)O)[C@@]1(I)CC[C@@]2(C)[C@@H]3CC=C4[C@@H](CC[C@H](OC5OC(COC6OC(CO)C(O)C(O)C6O)C(O)C(O)C5O)C4(C)C)[C@]3(C)[C@H](O)C[C@@]21C. The molecule has 522 valence electrons. The quantitative estimate of drug-likeness (QED) is 0.0309. The maximum atomic E-state index is 12.9. The van der Waals surface area contributed by atoms with Crippen molar-refractivity contribution in [2.75, 3.05) is 33.0 Å². The lowest BCUT2D eigenvalue weighted by Crippen LogP contribution is -2.67. The van der Waals surface area contributed by atoms with Gasteiger partial charge in [0.25, 0.3) is 0 Å². The fourth-order valence-corrected chi connectivity index (χ4v) is 18.3. The summed E-state index contributed by atoms with van der Waals surface area (Å²) in [5.41, 5.74) is -2.66. The zero-order valence-corrected chi connectivity index (χ0v) is 54.3. The van der Waals surface area contributed by atoms with Gasteiger partial charge in [0.15, 0.2) is 31.5 Å². The van der Waals surface area contributed by atoms with Crippen molar-refractivity contribution in [3.63, 3.8) is 0 Å². The van der Waals surface area contributed by atoms with Crippen LogP contribution in [0.5, 0.6) is 0 Å². The van der Waals surface area contributed by atoms with E-state index in [0.717, 1.165) is 18.4 Å². The van der Waals surface area contributed by atoms with Gasteiger partial charge in [0.1, 0.15) is 122 Å². The first-order valence-electron chi connectivity index (χ1n) is 31.6. The third kappa shape index (κ3) is 12.9. The highest BCUT2D eigenvalue weighted by molar-refractivity contribution is 14.1. The third-order valence-corrected chi connectivity index (χ3v) is 25.8. The van der Waals surface area contributed by atoms with Crippen molar-refractivity contribution >= 4 is 22.6 Å². The molecule has 0 amide bonds. The first-order valence-corrected chi connectivity index (χ1v) is 32.7. The van der Waals surface area contributed by atoms with E-state index in [-0.39, 0.29) is 29.6 Å². The molecule has 19 N–H and O–H groups in total. The minimum absolute atomic E-state index is 0.00476. The van der Waals surface area contributed by atoms with Gasteiger partial charge in [-0.3, -0.25) is 0 Å². The molecule has 35 atom stereocenters. The van der Waals surface area contributed by atoms with Crippen molar-refractivity contribution in [3.8, 4) is 0 Å². The van der Waals surface area contributed by atoms with Crippen LogP contribution in [0.2, 0.25) is 0 Å². The number of halogens is 1. The van der Waals surface area contributed by atoms with Gasteiger partial charge in [-0.15, -0.1) is 0 Å². The van der Waals surface area contributed by atoms with Crippen LogP contribution in [-0.2, 0) is 47.4 Å². The number of hydrogen-bond donors (Lipinski definition) is 19. The van der Waals surface area contributed by atoms with Gasteiger partial charge in [0.05, 0.1) is 56.9 Å². The maximum Gasteiger partial charge on any atom is 0.187 e. The third-order valence-electron chi connectivity index (χ3n) is 23.0. The summed E-state index contributed by atoms with van der Waals surface area (Å²) in [6.07, 6.45) is -37.8. The standard InChI is InChI=1S/C60H101IO29/c1-23(9-13-34(56(4,5)80)89-54-49(90-53-48(79)42(73)37(68)28(20-64)85-53)44(75)39(70)30(87-54)22-82-51-46(77)41(72)36(67)27(19-63)84-51)60(61)16-15-57(6)31-12-10-24-25(59(31,8)32(65)17-58(57,60)7)11-14-33(55(24,2)3)88-52-47(78)43(74)38(69)29(86-52)21-81-50-45(76)40(71)35(66)26(18-62)83-50/h10,23,25-54,62-80H,9,11-22H2,1-8H3/t23-,25-,26?,27?,28?,29?,30?,31+,32-,33+,34-,35?,36?,37?,38?,39?,40?,41?,42?,43?,44?,45?,46?,47?,48?,49?,50?,51?,52?,53?,54?,57+,58+,59+,60+/m1/s1. The first-order chi connectivity index (χ1) is 42.0. The van der Waals surface area contributed by atoms with E-state index in [9.17, 15) is 97.0 Å². The highest BCUT2D eigenvalue weighted by atomic mass is 127. The van der Waals surface area contributed by atoms with Gasteiger partial charge < -0.3 is 144 Å². The Hall–Kier alpha value is -0.690. The molecule has 90 heavy (non-hydrogen) atoms. The van der Waals surface area contributed by atoms with Crippen molar-refractivity contribution in [2.45, 2.75) is 288 Å². The van der Waals surface area contributed by atoms with Gasteiger partial charge in [-0.05, 0) is 93.8 Å². The first kappa shape index (κ1) is 73.6. The van der Waals surface area contributed by atoms with Crippen LogP contribution in [0.3, 0.4) is 0 Å². The van der Waals surface area contributed by atoms with Gasteiger partial charge >= 0.3 is 0 Å². The molecular weight excluding hydrogens is 1310 g/mol. The minimum atomic E-state index is -1.96. The van der Waals surface area contributed by atoms with Crippen molar-refractivity contribution in [1.29, 1.82) is 0 Å². The van der Waals surface area contributed by atoms with Crippen LogP contribution in [0.4, 0.5) is 0 Å². The molecule has 5 heterocycles. The van der Waals surface area contributed by atoms with Crippen molar-refractivity contribution < 1.29 is 144 Å². The Kier molecular flexibility index (Phi) is 22.8. The maximum absolute atomic E-state index is 12.9. The van der Waals surface area contributed by atoms with Gasteiger partial charge in [-0.2, -0.15) is 0 Å². The Labute approximate surface area is 536 Å². The topological polar surface area (TPSA) is 477 Å². The van der Waals surface area contributed by atoms with Crippen LogP contribution in [-0.4, -0.2) is 311 Å². The van der Waals surface area contributed by atoms with E-state index >= 15 is 0 Å². The normalized spacial score (nSPS) is 52.2. The van der Waals surface area contributed by atoms with E-state index in [4.69, 9.17) is 47.4 Å². The van der Waals surface area contributed by atoms with Gasteiger partial charge in [-0.25, -0.2) is 0 Å². The highest BCUT2D eigenvalue weighted by Gasteiger charge is 2.74. The molecule has 0 bridgehead atoms. The summed E-state index contributed by atoms with van der Waals surface area (Å²) in [5, 5.41) is 206. The average Bonchev–Trinajstić information content (AvgIpc) is 1.35. The fourth-order valence-electron chi connectivity index (χ4n) is 16.9. The van der Waals surface area contributed by atoms with E-state index < -0.39 is 230 Å². The lowest BCUT2D eigenvalue weighted by atomic mass is 9.38. The molecule has 0 radical (unpaired) electrons. The molecule has 5 saturated heterocycles. The summed E-state index contributed by atoms with van der Waals surface area (Å²) in [6, 6.07) is 0. The number of hydrogen-bond acceptors (Lipinski definition) is 29. The van der Waals surface area contributed by atoms with E-state index in [1.54, 1.807) is 0 Å². The molecule has 25 unspecified atom stereocenters. The lowest BCUT2D eigenvalue weighted by molar-refractivity contribution is -0.380. The molecule has 0 spiro atoms. The van der Waals surface area contributed by atoms with Crippen molar-refractivity contribution in [2.24, 2.45) is 39.4 Å². The average molecular weight is 1410 g/mol. The predicted molar refractivity (Wildman–Crippen MR) is 314 cm³/mol. The summed E-state index contributed by atoms with van der Waals surface area (Å²) >= 11 is 2.59. The van der Waals surface area contributed by atoms with Crippen LogP contribution in [0.25, 0.3) is 0 Å². The monoisotopic (exact) mass is 1410 g/mol. The van der Waals surface area contributed by atoms with Crippen LogP contribution >= 0.6 is 22.6 Å². The molecule has 8 fully saturated rings. The van der Waals surface area contributed by atoms with E-state index in [1.165, 1.54) is 13.8 Å². The van der Waals surface area contributed by atoms with E-state index in [2.05, 4.69) is 56.4 Å². The number of ether oxygens (including phenoxy) is 10. The van der Waals surface area contributed by atoms with Crippen LogP contribution in [0.1, 0.15) is 107 Å². The fraction of sp³-hybridized carbons (Fsp3) is 0.967. The minimum Gasteiger partial charge on any atom is -0.394 e. The lowest BCUT2D eigenvalue weighted by Gasteiger charge is -2.68. The van der Waals surface area contributed by atoms with Gasteiger partial charge in [0, 0.05) is 14.3 Å². The highest BCUT2D eigenvalue weighted by Crippen LogP contribution is 2.78. The van der Waals surface area contributed by atoms with Crippen LogP contribution in [0.15, 0.2) is 11.6 Å². The molecule has 4 aliphatic carbocycles. The summed E-state index contributed by atoms with van der Waals surface area (Å²) in [7, 11) is 0. The number of alkyl halides is 1. The molecule has 3 saturated carbocycles. The zero-order valence-electron chi connectivity index (χ0n) is 52.1. The Bertz CT molecular complexity index is 2400. The molecule has 0 aromatic heterocycles. The second kappa shape index (κ2) is 27.9. The Morgan fingerprint density at radius 2 is 0.978 bits per heavy atom. The van der Waals surface area contributed by atoms with Crippen LogP contribution < -0.4 is 0 Å². The second-order valence-corrected chi connectivity index (χ2v) is 30.7. The summed E-state index contributed by atoms with van der Waals surface area (Å²) in [4.78, 5) is 0. The number of fused-ring (bicyclic) bond motifs is 5. The molecule has 0 aromatic carbocycles. The van der Waals surface area contributed by atoms with Gasteiger partial charge in [-0.1, -0.05) is 75.8 Å². The zero-order chi connectivity index (χ0) is 66.4. The number of aliphatic hydroxyl groups is 19.